The molecule has 0 fully saturated rings. The van der Waals surface area contributed by atoms with Crippen molar-refractivity contribution in [2.75, 3.05) is 33.9 Å². The molecule has 0 aromatic carbocycles. The number of unbranched alkanes of at least 4 members (excludes halogenated alkanes) is 7. The minimum absolute atomic E-state index is 0.474. The second-order valence-electron chi connectivity index (χ2n) is 5.23. The average molecular weight is 293 g/mol. The third-order valence-corrected chi connectivity index (χ3v) is 3.86. The Morgan fingerprint density at radius 1 is 0.842 bits per heavy atom. The van der Waals surface area contributed by atoms with Gasteiger partial charge in [0.25, 0.3) is 0 Å². The molecule has 19 heavy (non-hydrogen) atoms. The number of hydrogen-bond donors (Lipinski definition) is 0. The van der Waals surface area contributed by atoms with E-state index in [1.165, 1.54) is 44.9 Å². The maximum absolute atomic E-state index is 11.4. The van der Waals surface area contributed by atoms with E-state index < -0.39 is 8.25 Å². The molecule has 0 aliphatic carbocycles. The van der Waals surface area contributed by atoms with Crippen LogP contribution in [0.15, 0.2) is 0 Å². The van der Waals surface area contributed by atoms with Crippen molar-refractivity contribution in [1.29, 1.82) is 0 Å². The molecule has 0 aromatic rings. The molecular weight excluding hydrogens is 261 g/mol. The Balaban J connectivity index is 3.14. The van der Waals surface area contributed by atoms with Crippen molar-refractivity contribution in [2.45, 2.75) is 58.3 Å². The van der Waals surface area contributed by atoms with E-state index in [2.05, 4.69) is 6.92 Å². The molecule has 0 N–H and O–H groups in total. The van der Waals surface area contributed by atoms with Gasteiger partial charge in [-0.1, -0.05) is 51.9 Å². The number of likely N-dealkylation sites (N-methyl/N-ethyl adjacent to an activating group) is 1. The van der Waals surface area contributed by atoms with E-state index in [1.54, 1.807) is 0 Å². The molecule has 0 saturated carbocycles. The van der Waals surface area contributed by atoms with Gasteiger partial charge in [0.2, 0.25) is 0 Å². The zero-order valence-electron chi connectivity index (χ0n) is 13.0. The van der Waals surface area contributed by atoms with Crippen LogP contribution in [0, 0.1) is 0 Å². The molecule has 4 nitrogen and oxygen atoms in total. The molecule has 1 unspecified atom stereocenters. The van der Waals surface area contributed by atoms with Gasteiger partial charge in [-0.05, 0) is 20.5 Å². The van der Waals surface area contributed by atoms with E-state index in [9.17, 15) is 4.57 Å². The molecule has 0 radical (unpaired) electrons. The first-order chi connectivity index (χ1) is 9.16. The summed E-state index contributed by atoms with van der Waals surface area (Å²) < 4.78 is 21.6. The molecule has 0 heterocycles. The van der Waals surface area contributed by atoms with Gasteiger partial charge in [-0.25, -0.2) is 0 Å². The summed E-state index contributed by atoms with van der Waals surface area (Å²) in [6.07, 6.45) is 10.1. The van der Waals surface area contributed by atoms with Gasteiger partial charge in [0.1, 0.15) is 0 Å². The van der Waals surface area contributed by atoms with Crippen LogP contribution in [0.25, 0.3) is 0 Å². The van der Waals surface area contributed by atoms with Crippen molar-refractivity contribution in [3.8, 4) is 0 Å². The van der Waals surface area contributed by atoms with Crippen LogP contribution in [-0.4, -0.2) is 38.8 Å². The predicted molar refractivity (Wildman–Crippen MR) is 82.1 cm³/mol. The van der Waals surface area contributed by atoms with Crippen LogP contribution in [0.2, 0.25) is 0 Å². The van der Waals surface area contributed by atoms with E-state index in [0.29, 0.717) is 13.2 Å². The summed E-state index contributed by atoms with van der Waals surface area (Å²) in [7, 11) is 1.65. The molecule has 0 aliphatic heterocycles. The topological polar surface area (TPSA) is 38.8 Å². The van der Waals surface area contributed by atoms with Crippen LogP contribution in [0.3, 0.4) is 0 Å². The smallest absolute Gasteiger partial charge is 0.311 e. The third kappa shape index (κ3) is 16.1. The van der Waals surface area contributed by atoms with Gasteiger partial charge in [-0.2, -0.15) is 0 Å². The molecule has 0 bridgehead atoms. The van der Waals surface area contributed by atoms with Gasteiger partial charge in [0.15, 0.2) is 0 Å². The van der Waals surface area contributed by atoms with Crippen LogP contribution < -0.4 is 0 Å². The second-order valence-corrected chi connectivity index (χ2v) is 6.30. The summed E-state index contributed by atoms with van der Waals surface area (Å²) in [6, 6.07) is 0. The summed E-state index contributed by atoms with van der Waals surface area (Å²) >= 11 is 0. The summed E-state index contributed by atoms with van der Waals surface area (Å²) in [5, 5.41) is 0. The van der Waals surface area contributed by atoms with Gasteiger partial charge < -0.3 is 13.9 Å². The predicted octanol–water partition coefficient (Wildman–Crippen LogP) is 4.11. The van der Waals surface area contributed by atoms with Gasteiger partial charge in [-0.15, -0.1) is 0 Å². The highest BCUT2D eigenvalue weighted by atomic mass is 31.1. The fourth-order valence-electron chi connectivity index (χ4n) is 1.74. The Labute approximate surface area is 119 Å². The van der Waals surface area contributed by atoms with E-state index in [0.717, 1.165) is 13.0 Å². The number of nitrogens with zero attached hydrogens (tertiary/aromatic N) is 1. The SMILES string of the molecule is CCCCCCCCCCO[PH](=O)OCCN(C)C. The average Bonchev–Trinajstić information content (AvgIpc) is 2.36. The molecular formula is C14H32NO3P. The lowest BCUT2D eigenvalue weighted by Gasteiger charge is -2.09. The standard InChI is InChI=1S/C14H32NO3P/c1-4-5-6-7-8-9-10-11-13-17-19(16)18-14-12-15(2)3/h19H,4-14H2,1-3H3. The number of rotatable bonds is 14. The maximum atomic E-state index is 11.4. The van der Waals surface area contributed by atoms with E-state index in [1.807, 2.05) is 19.0 Å². The van der Waals surface area contributed by atoms with Crippen molar-refractivity contribution in [3.05, 3.63) is 0 Å². The molecule has 0 spiro atoms. The van der Waals surface area contributed by atoms with E-state index in [-0.39, 0.29) is 0 Å². The van der Waals surface area contributed by atoms with Crippen molar-refractivity contribution < 1.29 is 13.6 Å². The minimum Gasteiger partial charge on any atom is -0.311 e. The van der Waals surface area contributed by atoms with Crippen LogP contribution in [0.5, 0.6) is 0 Å². The lowest BCUT2D eigenvalue weighted by Crippen LogP contribution is -2.16. The summed E-state index contributed by atoms with van der Waals surface area (Å²) in [5.41, 5.74) is 0. The Morgan fingerprint density at radius 3 is 1.95 bits per heavy atom. The highest BCUT2D eigenvalue weighted by molar-refractivity contribution is 7.33. The lowest BCUT2D eigenvalue weighted by molar-refractivity contribution is 0.205. The highest BCUT2D eigenvalue weighted by Gasteiger charge is 2.00. The third-order valence-electron chi connectivity index (χ3n) is 2.98. The van der Waals surface area contributed by atoms with Gasteiger partial charge in [-0.3, -0.25) is 4.57 Å². The molecule has 0 rings (SSSR count). The molecule has 0 saturated heterocycles. The lowest BCUT2D eigenvalue weighted by atomic mass is 10.1. The van der Waals surface area contributed by atoms with Crippen molar-refractivity contribution >= 4 is 8.25 Å². The fraction of sp³-hybridized carbons (Fsp3) is 1.00. The van der Waals surface area contributed by atoms with Crippen LogP contribution in [0.1, 0.15) is 58.3 Å². The van der Waals surface area contributed by atoms with Crippen molar-refractivity contribution in [2.24, 2.45) is 0 Å². The quantitative estimate of drug-likeness (QED) is 0.357. The number of hydrogen-bond acceptors (Lipinski definition) is 4. The van der Waals surface area contributed by atoms with Crippen LogP contribution in [-0.2, 0) is 13.6 Å². The first kappa shape index (κ1) is 19.1. The second kappa shape index (κ2) is 14.5. The van der Waals surface area contributed by atoms with Crippen LogP contribution >= 0.6 is 8.25 Å². The normalized spacial score (nSPS) is 13.1. The molecule has 0 amide bonds. The largest absolute Gasteiger partial charge is 0.319 e. The molecule has 0 aromatic heterocycles. The fourth-order valence-corrected chi connectivity index (χ4v) is 2.40. The van der Waals surface area contributed by atoms with Crippen molar-refractivity contribution in [1.82, 2.24) is 4.90 Å². The Bertz CT molecular complexity index is 213. The molecule has 116 valence electrons. The Hall–Kier alpha value is 0.110. The first-order valence-electron chi connectivity index (χ1n) is 7.61. The first-order valence-corrected chi connectivity index (χ1v) is 8.83. The van der Waals surface area contributed by atoms with E-state index in [4.69, 9.17) is 9.05 Å². The Kier molecular flexibility index (Phi) is 14.6. The molecule has 5 heteroatoms. The van der Waals surface area contributed by atoms with Gasteiger partial charge in [0, 0.05) is 6.54 Å². The summed E-state index contributed by atoms with van der Waals surface area (Å²) in [6.45, 7) is 4.05. The Morgan fingerprint density at radius 2 is 1.37 bits per heavy atom. The minimum atomic E-state index is -2.27. The van der Waals surface area contributed by atoms with E-state index >= 15 is 0 Å². The monoisotopic (exact) mass is 293 g/mol. The van der Waals surface area contributed by atoms with Gasteiger partial charge >= 0.3 is 8.25 Å². The molecule has 1 atom stereocenters. The maximum Gasteiger partial charge on any atom is 0.319 e. The van der Waals surface area contributed by atoms with Crippen molar-refractivity contribution in [3.63, 3.8) is 0 Å². The van der Waals surface area contributed by atoms with Gasteiger partial charge in [0.05, 0.1) is 13.2 Å². The molecule has 0 aliphatic rings. The highest BCUT2D eigenvalue weighted by Crippen LogP contribution is 2.23. The zero-order valence-corrected chi connectivity index (χ0v) is 14.0. The summed E-state index contributed by atoms with van der Waals surface area (Å²) in [4.78, 5) is 1.99. The van der Waals surface area contributed by atoms with Crippen LogP contribution in [0.4, 0.5) is 0 Å². The summed E-state index contributed by atoms with van der Waals surface area (Å²) in [5.74, 6) is 0. The zero-order chi connectivity index (χ0) is 14.3.